The smallest absolute Gasteiger partial charge is 0.0946 e. The zero-order valence-corrected chi connectivity index (χ0v) is 10.0. The van der Waals surface area contributed by atoms with Crippen LogP contribution in [0, 0.1) is 0 Å². The molecule has 1 aromatic rings. The molecule has 0 N–H and O–H groups in total. The SMILES string of the molecule is COSCCCSCCn1ccnc1. The first-order chi connectivity index (χ1) is 6.93. The molecule has 0 aliphatic rings. The summed E-state index contributed by atoms with van der Waals surface area (Å²) in [6.45, 7) is 1.06. The van der Waals surface area contributed by atoms with Gasteiger partial charge in [-0.3, -0.25) is 0 Å². The molecule has 0 unspecified atom stereocenters. The summed E-state index contributed by atoms with van der Waals surface area (Å²) in [6, 6.07) is 0. The van der Waals surface area contributed by atoms with Crippen molar-refractivity contribution in [2.75, 3.05) is 24.4 Å². The number of nitrogens with zero attached hydrogens (tertiary/aromatic N) is 2. The van der Waals surface area contributed by atoms with E-state index in [1.165, 1.54) is 24.2 Å². The molecule has 0 aliphatic heterocycles. The standard InChI is InChI=1S/C9H16N2OS2/c1-12-14-7-2-6-13-8-5-11-4-3-10-9-11/h3-4,9H,2,5-8H2,1H3. The van der Waals surface area contributed by atoms with Crippen molar-refractivity contribution in [1.29, 1.82) is 0 Å². The van der Waals surface area contributed by atoms with Gasteiger partial charge in [0.05, 0.1) is 13.4 Å². The van der Waals surface area contributed by atoms with Crippen LogP contribution in [0.2, 0.25) is 0 Å². The molecule has 0 amide bonds. The number of hydrogen-bond acceptors (Lipinski definition) is 4. The van der Waals surface area contributed by atoms with Crippen LogP contribution in [0.15, 0.2) is 18.7 Å². The maximum Gasteiger partial charge on any atom is 0.0946 e. The van der Waals surface area contributed by atoms with Crippen LogP contribution in [-0.2, 0) is 10.7 Å². The molecule has 80 valence electrons. The average Bonchev–Trinajstić information content (AvgIpc) is 2.69. The first kappa shape index (κ1) is 11.9. The van der Waals surface area contributed by atoms with Crippen LogP contribution in [-0.4, -0.2) is 33.9 Å². The van der Waals surface area contributed by atoms with Crippen LogP contribution in [0.4, 0.5) is 0 Å². The molecule has 0 saturated heterocycles. The lowest BCUT2D eigenvalue weighted by atomic mass is 10.6. The van der Waals surface area contributed by atoms with Gasteiger partial charge in [-0.25, -0.2) is 4.98 Å². The fourth-order valence-electron chi connectivity index (χ4n) is 0.994. The van der Waals surface area contributed by atoms with Gasteiger partial charge >= 0.3 is 0 Å². The van der Waals surface area contributed by atoms with Crippen molar-refractivity contribution < 1.29 is 4.18 Å². The predicted molar refractivity (Wildman–Crippen MR) is 63.6 cm³/mol. The summed E-state index contributed by atoms with van der Waals surface area (Å²) >= 11 is 3.52. The molecule has 0 fully saturated rings. The van der Waals surface area contributed by atoms with Crippen molar-refractivity contribution in [2.45, 2.75) is 13.0 Å². The summed E-state index contributed by atoms with van der Waals surface area (Å²) in [6.07, 6.45) is 6.90. The van der Waals surface area contributed by atoms with E-state index in [1.54, 1.807) is 7.11 Å². The molecule has 14 heavy (non-hydrogen) atoms. The van der Waals surface area contributed by atoms with Crippen LogP contribution in [0.3, 0.4) is 0 Å². The molecule has 5 heteroatoms. The number of rotatable bonds is 8. The minimum absolute atomic E-state index is 1.06. The van der Waals surface area contributed by atoms with Crippen molar-refractivity contribution in [1.82, 2.24) is 9.55 Å². The van der Waals surface area contributed by atoms with Gasteiger partial charge in [-0.05, 0) is 24.2 Å². The van der Waals surface area contributed by atoms with E-state index in [0.717, 1.165) is 18.1 Å². The Morgan fingerprint density at radius 2 is 2.29 bits per heavy atom. The lowest BCUT2D eigenvalue weighted by molar-refractivity contribution is 0.489. The lowest BCUT2D eigenvalue weighted by Crippen LogP contribution is -1.97. The Bertz CT molecular complexity index is 217. The first-order valence-corrected chi connectivity index (χ1v) is 6.69. The van der Waals surface area contributed by atoms with Gasteiger partial charge in [-0.2, -0.15) is 11.8 Å². The van der Waals surface area contributed by atoms with E-state index in [2.05, 4.69) is 9.55 Å². The third-order valence-corrected chi connectivity index (χ3v) is 3.43. The monoisotopic (exact) mass is 232 g/mol. The van der Waals surface area contributed by atoms with E-state index in [4.69, 9.17) is 4.18 Å². The summed E-state index contributed by atoms with van der Waals surface area (Å²) in [5.74, 6) is 3.47. The molecule has 1 rings (SSSR count). The minimum Gasteiger partial charge on any atom is -0.337 e. The largest absolute Gasteiger partial charge is 0.337 e. The van der Waals surface area contributed by atoms with E-state index >= 15 is 0 Å². The van der Waals surface area contributed by atoms with Crippen molar-refractivity contribution in [3.05, 3.63) is 18.7 Å². The van der Waals surface area contributed by atoms with E-state index < -0.39 is 0 Å². The van der Waals surface area contributed by atoms with Gasteiger partial charge < -0.3 is 8.75 Å². The number of imidazole rings is 1. The lowest BCUT2D eigenvalue weighted by Gasteiger charge is -2.02. The van der Waals surface area contributed by atoms with Gasteiger partial charge in [0, 0.05) is 30.4 Å². The highest BCUT2D eigenvalue weighted by molar-refractivity contribution is 7.99. The van der Waals surface area contributed by atoms with Gasteiger partial charge in [0.2, 0.25) is 0 Å². The Morgan fingerprint density at radius 1 is 1.36 bits per heavy atom. The molecule has 0 radical (unpaired) electrons. The molecular weight excluding hydrogens is 216 g/mol. The maximum atomic E-state index is 4.90. The van der Waals surface area contributed by atoms with Gasteiger partial charge in [-0.15, -0.1) is 0 Å². The van der Waals surface area contributed by atoms with Crippen LogP contribution in [0.1, 0.15) is 6.42 Å². The van der Waals surface area contributed by atoms with Gasteiger partial charge in [0.25, 0.3) is 0 Å². The number of aryl methyl sites for hydroxylation is 1. The fourth-order valence-corrected chi connectivity index (χ4v) is 2.50. The summed E-state index contributed by atoms with van der Waals surface area (Å²) < 4.78 is 7.01. The van der Waals surface area contributed by atoms with E-state index in [0.29, 0.717) is 0 Å². The summed E-state index contributed by atoms with van der Waals surface area (Å²) in [5.41, 5.74) is 0. The zero-order valence-electron chi connectivity index (χ0n) is 8.39. The van der Waals surface area contributed by atoms with Crippen LogP contribution in [0.25, 0.3) is 0 Å². The summed E-state index contributed by atoms with van der Waals surface area (Å²) in [4.78, 5) is 4.00. The summed E-state index contributed by atoms with van der Waals surface area (Å²) in [5, 5.41) is 0. The van der Waals surface area contributed by atoms with Crippen LogP contribution < -0.4 is 0 Å². The number of thioether (sulfide) groups is 1. The van der Waals surface area contributed by atoms with Crippen LogP contribution in [0.5, 0.6) is 0 Å². The highest BCUT2D eigenvalue weighted by Crippen LogP contribution is 2.08. The molecule has 0 atom stereocenters. The topological polar surface area (TPSA) is 27.1 Å². The van der Waals surface area contributed by atoms with E-state index in [-0.39, 0.29) is 0 Å². The van der Waals surface area contributed by atoms with Crippen molar-refractivity contribution in [3.8, 4) is 0 Å². The molecule has 0 aliphatic carbocycles. The van der Waals surface area contributed by atoms with Gasteiger partial charge in [0.1, 0.15) is 0 Å². The fraction of sp³-hybridized carbons (Fsp3) is 0.667. The second kappa shape index (κ2) is 8.20. The Balaban J connectivity index is 1.85. The third kappa shape index (κ3) is 5.57. The molecular formula is C9H16N2OS2. The molecule has 0 spiro atoms. The van der Waals surface area contributed by atoms with Gasteiger partial charge in [-0.1, -0.05) is 0 Å². The first-order valence-electron chi connectivity index (χ1n) is 4.62. The minimum atomic E-state index is 1.06. The highest BCUT2D eigenvalue weighted by atomic mass is 32.2. The van der Waals surface area contributed by atoms with Crippen LogP contribution >= 0.6 is 23.8 Å². The predicted octanol–water partition coefficient (Wildman–Crippen LogP) is 2.30. The average molecular weight is 232 g/mol. The normalized spacial score (nSPS) is 10.6. The van der Waals surface area contributed by atoms with Crippen molar-refractivity contribution >= 4 is 23.8 Å². The molecule has 3 nitrogen and oxygen atoms in total. The Labute approximate surface area is 93.8 Å². The summed E-state index contributed by atoms with van der Waals surface area (Å²) in [7, 11) is 1.72. The maximum absolute atomic E-state index is 4.90. The van der Waals surface area contributed by atoms with Crippen molar-refractivity contribution in [3.63, 3.8) is 0 Å². The Hall–Kier alpha value is -0.130. The van der Waals surface area contributed by atoms with Gasteiger partial charge in [0.15, 0.2) is 0 Å². The molecule has 1 aromatic heterocycles. The van der Waals surface area contributed by atoms with E-state index in [1.807, 2.05) is 30.5 Å². The van der Waals surface area contributed by atoms with Crippen molar-refractivity contribution in [2.24, 2.45) is 0 Å². The number of aromatic nitrogens is 2. The molecule has 1 heterocycles. The Morgan fingerprint density at radius 3 is 3.00 bits per heavy atom. The second-order valence-electron chi connectivity index (χ2n) is 2.76. The second-order valence-corrected chi connectivity index (χ2v) is 4.96. The number of hydrogen-bond donors (Lipinski definition) is 0. The quantitative estimate of drug-likeness (QED) is 0.507. The molecule has 0 aromatic carbocycles. The highest BCUT2D eigenvalue weighted by Gasteiger charge is 1.92. The Kier molecular flexibility index (Phi) is 7.00. The zero-order chi connectivity index (χ0) is 10.1. The molecule has 0 bridgehead atoms. The van der Waals surface area contributed by atoms with E-state index in [9.17, 15) is 0 Å². The molecule has 0 saturated carbocycles. The third-order valence-electron chi connectivity index (χ3n) is 1.69.